The average molecular weight is 336 g/mol. The molecule has 0 aromatic heterocycles. The molecule has 1 aliphatic rings. The van der Waals surface area contributed by atoms with Gasteiger partial charge in [0, 0.05) is 18.8 Å². The average Bonchev–Trinajstić information content (AvgIpc) is 2.63. The number of nitrogens with one attached hydrogen (secondary N) is 1. The van der Waals surface area contributed by atoms with E-state index in [2.05, 4.69) is 60.5 Å². The second-order valence-electron chi connectivity index (χ2n) is 7.33. The lowest BCUT2D eigenvalue weighted by Gasteiger charge is -2.32. The van der Waals surface area contributed by atoms with Gasteiger partial charge in [0.2, 0.25) is 5.91 Å². The zero-order chi connectivity index (χ0) is 17.6. The van der Waals surface area contributed by atoms with Gasteiger partial charge < -0.3 is 5.32 Å². The molecule has 132 valence electrons. The summed E-state index contributed by atoms with van der Waals surface area (Å²) in [7, 11) is 0. The Morgan fingerprint density at radius 1 is 1.12 bits per heavy atom. The maximum Gasteiger partial charge on any atom is 0.228 e. The summed E-state index contributed by atoms with van der Waals surface area (Å²) in [4.78, 5) is 15.0. The van der Waals surface area contributed by atoms with Crippen LogP contribution in [0.3, 0.4) is 0 Å². The Balaban J connectivity index is 1.56. The Labute approximate surface area is 151 Å². The van der Waals surface area contributed by atoms with E-state index in [1.54, 1.807) is 0 Å². The van der Waals surface area contributed by atoms with Gasteiger partial charge in [0.05, 0.1) is 5.92 Å². The third-order valence-corrected chi connectivity index (χ3v) is 4.97. The van der Waals surface area contributed by atoms with Crippen LogP contribution in [0.25, 0.3) is 0 Å². The van der Waals surface area contributed by atoms with E-state index >= 15 is 0 Å². The van der Waals surface area contributed by atoms with Crippen LogP contribution in [0, 0.1) is 5.92 Å². The van der Waals surface area contributed by atoms with E-state index in [-0.39, 0.29) is 11.8 Å². The van der Waals surface area contributed by atoms with Crippen LogP contribution in [-0.4, -0.2) is 23.9 Å². The number of anilines is 1. The van der Waals surface area contributed by atoms with Crippen LogP contribution in [0.4, 0.5) is 5.69 Å². The topological polar surface area (TPSA) is 32.3 Å². The molecule has 0 aliphatic carbocycles. The molecule has 25 heavy (non-hydrogen) atoms. The molecule has 1 atom stereocenters. The van der Waals surface area contributed by atoms with Gasteiger partial charge in [-0.05, 0) is 48.6 Å². The molecule has 0 bridgehead atoms. The van der Waals surface area contributed by atoms with E-state index in [9.17, 15) is 4.79 Å². The van der Waals surface area contributed by atoms with Crippen molar-refractivity contribution in [2.24, 2.45) is 5.92 Å². The minimum Gasteiger partial charge on any atom is -0.326 e. The first kappa shape index (κ1) is 17.7. The minimum atomic E-state index is 0.0715. The second kappa shape index (κ2) is 8.30. The lowest BCUT2D eigenvalue weighted by atomic mass is 9.96. The standard InChI is InChI=1S/C22H28N2O/c1-17(2)19-10-12-21(13-11-19)23-22(25)20-9-6-14-24(16-20)15-18-7-4-3-5-8-18/h3-5,7-8,10-13,17,20H,6,9,14-16H2,1-2H3,(H,23,25)/t20-/m1/s1. The molecule has 1 amide bonds. The smallest absolute Gasteiger partial charge is 0.228 e. The predicted molar refractivity (Wildman–Crippen MR) is 104 cm³/mol. The molecule has 3 rings (SSSR count). The molecule has 1 aliphatic heterocycles. The molecule has 3 nitrogen and oxygen atoms in total. The van der Waals surface area contributed by atoms with E-state index in [4.69, 9.17) is 0 Å². The Morgan fingerprint density at radius 3 is 2.52 bits per heavy atom. The highest BCUT2D eigenvalue weighted by Gasteiger charge is 2.25. The van der Waals surface area contributed by atoms with Crippen molar-refractivity contribution in [1.29, 1.82) is 0 Å². The van der Waals surface area contributed by atoms with Crippen molar-refractivity contribution in [1.82, 2.24) is 4.90 Å². The maximum absolute atomic E-state index is 12.6. The van der Waals surface area contributed by atoms with Crippen LogP contribution in [-0.2, 0) is 11.3 Å². The molecular formula is C22H28N2O. The summed E-state index contributed by atoms with van der Waals surface area (Å²) >= 11 is 0. The van der Waals surface area contributed by atoms with Gasteiger partial charge in [0.15, 0.2) is 0 Å². The number of likely N-dealkylation sites (tertiary alicyclic amines) is 1. The van der Waals surface area contributed by atoms with Gasteiger partial charge in [-0.3, -0.25) is 9.69 Å². The van der Waals surface area contributed by atoms with Crippen LogP contribution < -0.4 is 5.32 Å². The fourth-order valence-electron chi connectivity index (χ4n) is 3.45. The van der Waals surface area contributed by atoms with Crippen molar-refractivity contribution in [2.45, 2.75) is 39.2 Å². The Hall–Kier alpha value is -2.13. The summed E-state index contributed by atoms with van der Waals surface area (Å²) in [6.45, 7) is 7.19. The molecular weight excluding hydrogens is 308 g/mol. The lowest BCUT2D eigenvalue weighted by molar-refractivity contribution is -0.121. The monoisotopic (exact) mass is 336 g/mol. The first-order chi connectivity index (χ1) is 12.1. The van der Waals surface area contributed by atoms with Gasteiger partial charge in [0.25, 0.3) is 0 Å². The van der Waals surface area contributed by atoms with E-state index in [0.29, 0.717) is 5.92 Å². The summed E-state index contributed by atoms with van der Waals surface area (Å²) in [6.07, 6.45) is 2.05. The van der Waals surface area contributed by atoms with Crippen molar-refractivity contribution in [3.05, 3.63) is 65.7 Å². The fourth-order valence-corrected chi connectivity index (χ4v) is 3.45. The largest absolute Gasteiger partial charge is 0.326 e. The van der Waals surface area contributed by atoms with Crippen LogP contribution >= 0.6 is 0 Å². The molecule has 3 heteroatoms. The highest BCUT2D eigenvalue weighted by molar-refractivity contribution is 5.92. The summed E-state index contributed by atoms with van der Waals surface area (Å²) in [5.74, 6) is 0.729. The van der Waals surface area contributed by atoms with Crippen molar-refractivity contribution in [2.75, 3.05) is 18.4 Å². The molecule has 1 heterocycles. The fraction of sp³-hybridized carbons (Fsp3) is 0.409. The van der Waals surface area contributed by atoms with Gasteiger partial charge >= 0.3 is 0 Å². The van der Waals surface area contributed by atoms with Crippen LogP contribution in [0.2, 0.25) is 0 Å². The number of benzene rings is 2. The van der Waals surface area contributed by atoms with E-state index in [1.165, 1.54) is 11.1 Å². The number of carbonyl (C=O) groups is 1. The van der Waals surface area contributed by atoms with Gasteiger partial charge in [-0.15, -0.1) is 0 Å². The van der Waals surface area contributed by atoms with Crippen molar-refractivity contribution >= 4 is 11.6 Å². The molecule has 1 N–H and O–H groups in total. The molecule has 1 fully saturated rings. The number of amides is 1. The maximum atomic E-state index is 12.6. The number of hydrogen-bond acceptors (Lipinski definition) is 2. The second-order valence-corrected chi connectivity index (χ2v) is 7.33. The Bertz CT molecular complexity index is 679. The highest BCUT2D eigenvalue weighted by atomic mass is 16.1. The zero-order valence-corrected chi connectivity index (χ0v) is 15.2. The number of piperidine rings is 1. The molecule has 0 spiro atoms. The molecule has 0 radical (unpaired) electrons. The first-order valence-electron chi connectivity index (χ1n) is 9.29. The van der Waals surface area contributed by atoms with Crippen LogP contribution in [0.1, 0.15) is 43.7 Å². The number of rotatable bonds is 5. The molecule has 0 unspecified atom stereocenters. The number of carbonyl (C=O) groups excluding carboxylic acids is 1. The van der Waals surface area contributed by atoms with Crippen LogP contribution in [0.15, 0.2) is 54.6 Å². The molecule has 2 aromatic rings. The summed E-state index contributed by atoms with van der Waals surface area (Å²) in [5.41, 5.74) is 3.51. The quantitative estimate of drug-likeness (QED) is 0.861. The van der Waals surface area contributed by atoms with Crippen molar-refractivity contribution in [3.8, 4) is 0 Å². The summed E-state index contributed by atoms with van der Waals surface area (Å²) < 4.78 is 0. The lowest BCUT2D eigenvalue weighted by Crippen LogP contribution is -2.40. The summed E-state index contributed by atoms with van der Waals surface area (Å²) in [6, 6.07) is 18.7. The minimum absolute atomic E-state index is 0.0715. The number of nitrogens with zero attached hydrogens (tertiary/aromatic N) is 1. The van der Waals surface area contributed by atoms with Gasteiger partial charge in [-0.1, -0.05) is 56.3 Å². The Morgan fingerprint density at radius 2 is 1.84 bits per heavy atom. The molecule has 0 saturated carbocycles. The third-order valence-electron chi connectivity index (χ3n) is 4.97. The van der Waals surface area contributed by atoms with Crippen molar-refractivity contribution < 1.29 is 4.79 Å². The van der Waals surface area contributed by atoms with E-state index in [1.807, 2.05) is 18.2 Å². The van der Waals surface area contributed by atoms with Crippen molar-refractivity contribution in [3.63, 3.8) is 0 Å². The normalized spacial score (nSPS) is 18.3. The Kier molecular flexibility index (Phi) is 5.87. The van der Waals surface area contributed by atoms with E-state index < -0.39 is 0 Å². The number of hydrogen-bond donors (Lipinski definition) is 1. The molecule has 1 saturated heterocycles. The highest BCUT2D eigenvalue weighted by Crippen LogP contribution is 2.22. The molecule has 2 aromatic carbocycles. The van der Waals surface area contributed by atoms with Crippen LogP contribution in [0.5, 0.6) is 0 Å². The predicted octanol–water partition coefficient (Wildman–Crippen LogP) is 4.66. The van der Waals surface area contributed by atoms with E-state index in [0.717, 1.165) is 38.2 Å². The zero-order valence-electron chi connectivity index (χ0n) is 15.2. The third kappa shape index (κ3) is 4.93. The van der Waals surface area contributed by atoms with Gasteiger partial charge in [-0.2, -0.15) is 0 Å². The van der Waals surface area contributed by atoms with Gasteiger partial charge in [0.1, 0.15) is 0 Å². The SMILES string of the molecule is CC(C)c1ccc(NC(=O)[C@@H]2CCCN(Cc3ccccc3)C2)cc1. The summed E-state index contributed by atoms with van der Waals surface area (Å²) in [5, 5.41) is 3.10. The first-order valence-corrected chi connectivity index (χ1v) is 9.29. The van der Waals surface area contributed by atoms with Gasteiger partial charge in [-0.25, -0.2) is 0 Å².